The van der Waals surface area contributed by atoms with E-state index >= 15 is 0 Å². The number of aryl methyl sites for hydroxylation is 2. The summed E-state index contributed by atoms with van der Waals surface area (Å²) < 4.78 is 11.4. The normalized spacial score (nSPS) is 10.5. The minimum atomic E-state index is 0.323. The van der Waals surface area contributed by atoms with Crippen LogP contribution in [0.15, 0.2) is 18.5 Å². The van der Waals surface area contributed by atoms with Crippen molar-refractivity contribution in [2.45, 2.75) is 34.1 Å². The van der Waals surface area contributed by atoms with E-state index in [1.54, 1.807) is 0 Å². The van der Waals surface area contributed by atoms with Crippen LogP contribution >= 0.6 is 0 Å². The summed E-state index contributed by atoms with van der Waals surface area (Å²) in [6, 6.07) is 4.08. The molecule has 5 nitrogen and oxygen atoms in total. The molecule has 2 rings (SSSR count). The third-order valence-electron chi connectivity index (χ3n) is 3.22. The molecule has 0 unspecified atom stereocenters. The van der Waals surface area contributed by atoms with Crippen molar-refractivity contribution in [3.8, 4) is 17.5 Å². The Morgan fingerprint density at radius 1 is 1.10 bits per heavy atom. The summed E-state index contributed by atoms with van der Waals surface area (Å²) >= 11 is 0. The van der Waals surface area contributed by atoms with Crippen molar-refractivity contribution in [2.75, 3.05) is 12.3 Å². The number of nitrogen functional groups attached to an aromatic ring is 1. The van der Waals surface area contributed by atoms with Gasteiger partial charge in [0.2, 0.25) is 11.8 Å². The van der Waals surface area contributed by atoms with Crippen LogP contribution in [0.3, 0.4) is 0 Å². The Balaban J connectivity index is 2.32. The average Bonchev–Trinajstić information content (AvgIpc) is 2.45. The van der Waals surface area contributed by atoms with Gasteiger partial charge in [0.25, 0.3) is 0 Å². The molecular formula is C16H21N3O2. The molecule has 21 heavy (non-hydrogen) atoms. The second kappa shape index (κ2) is 6.43. The molecule has 0 aliphatic carbocycles. The standard InChI is InChI=1S/C16H21N3O2/c1-5-6-20-15-14(17)16(19-9-18-15)21-13-8-10(2)7-11(3)12(13)4/h7-9H,5-6,17H2,1-4H3. The summed E-state index contributed by atoms with van der Waals surface area (Å²) in [5, 5.41) is 0. The second-order valence-electron chi connectivity index (χ2n) is 5.05. The fourth-order valence-electron chi connectivity index (χ4n) is 1.97. The van der Waals surface area contributed by atoms with Crippen LogP contribution in [0.4, 0.5) is 5.69 Å². The van der Waals surface area contributed by atoms with Gasteiger partial charge in [-0.2, -0.15) is 9.97 Å². The van der Waals surface area contributed by atoms with E-state index < -0.39 is 0 Å². The quantitative estimate of drug-likeness (QED) is 0.910. The number of aromatic nitrogens is 2. The van der Waals surface area contributed by atoms with Gasteiger partial charge in [-0.1, -0.05) is 13.0 Å². The summed E-state index contributed by atoms with van der Waals surface area (Å²) in [7, 11) is 0. The molecule has 0 aliphatic heterocycles. The van der Waals surface area contributed by atoms with Crippen LogP contribution < -0.4 is 15.2 Å². The molecule has 0 spiro atoms. The number of benzene rings is 1. The summed E-state index contributed by atoms with van der Waals surface area (Å²) in [5.74, 6) is 1.44. The number of nitrogens with zero attached hydrogens (tertiary/aromatic N) is 2. The van der Waals surface area contributed by atoms with Crippen LogP contribution in [-0.2, 0) is 0 Å². The predicted molar refractivity (Wildman–Crippen MR) is 83.0 cm³/mol. The lowest BCUT2D eigenvalue weighted by atomic mass is 10.1. The van der Waals surface area contributed by atoms with E-state index in [0.29, 0.717) is 24.1 Å². The van der Waals surface area contributed by atoms with Gasteiger partial charge in [0.15, 0.2) is 5.69 Å². The molecule has 0 saturated heterocycles. The van der Waals surface area contributed by atoms with Crippen molar-refractivity contribution in [3.05, 3.63) is 35.2 Å². The van der Waals surface area contributed by atoms with Gasteiger partial charge in [-0.3, -0.25) is 0 Å². The maximum atomic E-state index is 6.02. The molecule has 0 atom stereocenters. The highest BCUT2D eigenvalue weighted by Gasteiger charge is 2.13. The monoisotopic (exact) mass is 287 g/mol. The van der Waals surface area contributed by atoms with Crippen molar-refractivity contribution in [1.82, 2.24) is 9.97 Å². The highest BCUT2D eigenvalue weighted by molar-refractivity contribution is 5.57. The molecule has 0 amide bonds. The fourth-order valence-corrected chi connectivity index (χ4v) is 1.97. The van der Waals surface area contributed by atoms with E-state index in [9.17, 15) is 0 Å². The second-order valence-corrected chi connectivity index (χ2v) is 5.05. The highest BCUT2D eigenvalue weighted by atomic mass is 16.5. The first-order valence-electron chi connectivity index (χ1n) is 7.02. The van der Waals surface area contributed by atoms with Gasteiger partial charge >= 0.3 is 0 Å². The lowest BCUT2D eigenvalue weighted by Crippen LogP contribution is -2.04. The number of hydrogen-bond acceptors (Lipinski definition) is 5. The van der Waals surface area contributed by atoms with Gasteiger partial charge in [-0.15, -0.1) is 0 Å². The van der Waals surface area contributed by atoms with E-state index in [0.717, 1.165) is 23.3 Å². The molecule has 0 bridgehead atoms. The third-order valence-corrected chi connectivity index (χ3v) is 3.22. The summed E-state index contributed by atoms with van der Waals surface area (Å²) in [6.07, 6.45) is 2.28. The first-order valence-corrected chi connectivity index (χ1v) is 7.02. The van der Waals surface area contributed by atoms with Crippen molar-refractivity contribution in [2.24, 2.45) is 0 Å². The molecular weight excluding hydrogens is 266 g/mol. The minimum absolute atomic E-state index is 0.323. The van der Waals surface area contributed by atoms with Crippen LogP contribution in [-0.4, -0.2) is 16.6 Å². The summed E-state index contributed by atoms with van der Waals surface area (Å²) in [5.41, 5.74) is 9.71. The predicted octanol–water partition coefficient (Wildman–Crippen LogP) is 3.57. The van der Waals surface area contributed by atoms with E-state index in [1.165, 1.54) is 11.9 Å². The molecule has 2 aromatic rings. The zero-order chi connectivity index (χ0) is 15.4. The maximum absolute atomic E-state index is 6.02. The van der Waals surface area contributed by atoms with Crippen LogP contribution in [0.5, 0.6) is 17.5 Å². The topological polar surface area (TPSA) is 70.3 Å². The Bertz CT molecular complexity index is 642. The van der Waals surface area contributed by atoms with Gasteiger partial charge in [0, 0.05) is 0 Å². The van der Waals surface area contributed by atoms with Crippen molar-refractivity contribution < 1.29 is 9.47 Å². The zero-order valence-electron chi connectivity index (χ0n) is 12.9. The smallest absolute Gasteiger partial charge is 0.249 e. The van der Waals surface area contributed by atoms with E-state index in [1.807, 2.05) is 33.8 Å². The molecule has 1 aromatic heterocycles. The summed E-state index contributed by atoms with van der Waals surface area (Å²) in [6.45, 7) is 8.67. The Kier molecular flexibility index (Phi) is 4.62. The number of ether oxygens (including phenoxy) is 2. The van der Waals surface area contributed by atoms with Gasteiger partial charge in [-0.05, 0) is 49.9 Å². The number of anilines is 1. The van der Waals surface area contributed by atoms with Crippen LogP contribution in [0, 0.1) is 20.8 Å². The number of rotatable bonds is 5. The van der Waals surface area contributed by atoms with Crippen LogP contribution in [0.25, 0.3) is 0 Å². The Labute approximate surface area is 125 Å². The first kappa shape index (κ1) is 15.1. The molecule has 5 heteroatoms. The molecule has 0 radical (unpaired) electrons. The molecule has 2 N–H and O–H groups in total. The highest BCUT2D eigenvalue weighted by Crippen LogP contribution is 2.33. The molecule has 0 fully saturated rings. The number of hydrogen-bond donors (Lipinski definition) is 1. The van der Waals surface area contributed by atoms with Gasteiger partial charge < -0.3 is 15.2 Å². The van der Waals surface area contributed by atoms with Crippen LogP contribution in [0.1, 0.15) is 30.0 Å². The van der Waals surface area contributed by atoms with Crippen molar-refractivity contribution in [3.63, 3.8) is 0 Å². The maximum Gasteiger partial charge on any atom is 0.249 e. The summed E-state index contributed by atoms with van der Waals surface area (Å²) in [4.78, 5) is 8.14. The van der Waals surface area contributed by atoms with E-state index in [2.05, 4.69) is 16.0 Å². The zero-order valence-corrected chi connectivity index (χ0v) is 12.9. The van der Waals surface area contributed by atoms with Crippen molar-refractivity contribution >= 4 is 5.69 Å². The fraction of sp³-hybridized carbons (Fsp3) is 0.375. The van der Waals surface area contributed by atoms with Gasteiger partial charge in [0.05, 0.1) is 6.61 Å². The largest absolute Gasteiger partial charge is 0.476 e. The van der Waals surface area contributed by atoms with Crippen molar-refractivity contribution in [1.29, 1.82) is 0 Å². The average molecular weight is 287 g/mol. The van der Waals surface area contributed by atoms with E-state index in [-0.39, 0.29) is 0 Å². The molecule has 112 valence electrons. The molecule has 0 saturated carbocycles. The Morgan fingerprint density at radius 2 is 1.81 bits per heavy atom. The molecule has 1 aromatic carbocycles. The number of nitrogens with two attached hydrogens (primary N) is 1. The third kappa shape index (κ3) is 3.42. The lowest BCUT2D eigenvalue weighted by Gasteiger charge is -2.14. The lowest BCUT2D eigenvalue weighted by molar-refractivity contribution is 0.304. The molecule has 1 heterocycles. The Morgan fingerprint density at radius 3 is 2.52 bits per heavy atom. The SMILES string of the molecule is CCCOc1ncnc(Oc2cc(C)cc(C)c2C)c1N. The minimum Gasteiger partial charge on any atom is -0.476 e. The molecule has 0 aliphatic rings. The van der Waals surface area contributed by atoms with E-state index in [4.69, 9.17) is 15.2 Å². The van der Waals surface area contributed by atoms with Crippen LogP contribution in [0.2, 0.25) is 0 Å². The first-order chi connectivity index (χ1) is 10.0. The van der Waals surface area contributed by atoms with Gasteiger partial charge in [-0.25, -0.2) is 0 Å². The Hall–Kier alpha value is -2.30. The van der Waals surface area contributed by atoms with Gasteiger partial charge in [0.1, 0.15) is 12.1 Å².